The number of nitrogens with one attached hydrogen (secondary N) is 1. The van der Waals surface area contributed by atoms with Crippen LogP contribution in [0.5, 0.6) is 0 Å². The van der Waals surface area contributed by atoms with Gasteiger partial charge in [0, 0.05) is 12.0 Å². The molecule has 1 aromatic heterocycles. The Hall–Kier alpha value is -0.900. The van der Waals surface area contributed by atoms with Crippen molar-refractivity contribution >= 4 is 0 Å². The fourth-order valence-corrected chi connectivity index (χ4v) is 3.68. The van der Waals surface area contributed by atoms with Crippen LogP contribution in [0.3, 0.4) is 0 Å². The van der Waals surface area contributed by atoms with Crippen LogP contribution < -0.4 is 5.32 Å². The highest BCUT2D eigenvalue weighted by atomic mass is 16.5. The van der Waals surface area contributed by atoms with Crippen molar-refractivity contribution in [1.82, 2.24) is 15.5 Å². The normalized spacial score (nSPS) is 28.9. The molecule has 0 spiro atoms. The largest absolute Gasteiger partial charge is 0.339 e. The number of likely N-dealkylation sites (N-methyl/N-ethyl adjacent to an activating group) is 1. The second kappa shape index (κ2) is 6.04. The summed E-state index contributed by atoms with van der Waals surface area (Å²) < 4.78 is 5.59. The molecule has 0 radical (unpaired) electrons. The summed E-state index contributed by atoms with van der Waals surface area (Å²) in [6.07, 6.45) is 10.1. The molecule has 1 heterocycles. The lowest BCUT2D eigenvalue weighted by molar-refractivity contribution is 0.264. The Kier molecular flexibility index (Phi) is 4.16. The molecule has 19 heavy (non-hydrogen) atoms. The zero-order valence-corrected chi connectivity index (χ0v) is 11.9. The maximum absolute atomic E-state index is 5.59. The summed E-state index contributed by atoms with van der Waals surface area (Å²) in [6, 6.07) is 0.524. The molecule has 2 aliphatic carbocycles. The van der Waals surface area contributed by atoms with Crippen LogP contribution in [0.25, 0.3) is 0 Å². The van der Waals surface area contributed by atoms with Gasteiger partial charge in [-0.3, -0.25) is 0 Å². The van der Waals surface area contributed by atoms with Crippen LogP contribution in [0.1, 0.15) is 81.8 Å². The number of nitrogens with zero attached hydrogens (tertiary/aromatic N) is 2. The highest BCUT2D eigenvalue weighted by Crippen LogP contribution is 2.36. The van der Waals surface area contributed by atoms with Gasteiger partial charge in [0.2, 0.25) is 5.89 Å². The number of aromatic nitrogens is 2. The zero-order chi connectivity index (χ0) is 13.1. The first-order valence-electron chi connectivity index (χ1n) is 7.95. The van der Waals surface area contributed by atoms with E-state index in [9.17, 15) is 0 Å². The zero-order valence-electron chi connectivity index (χ0n) is 11.9. The van der Waals surface area contributed by atoms with E-state index >= 15 is 0 Å². The van der Waals surface area contributed by atoms with Crippen molar-refractivity contribution in [1.29, 1.82) is 0 Å². The third-order valence-corrected chi connectivity index (χ3v) is 4.73. The summed E-state index contributed by atoms with van der Waals surface area (Å²) in [5, 5.41) is 7.84. The molecule has 4 nitrogen and oxygen atoms in total. The Labute approximate surface area is 115 Å². The van der Waals surface area contributed by atoms with E-state index in [0.717, 1.165) is 18.3 Å². The average Bonchev–Trinajstić information content (AvgIpc) is 3.11. The van der Waals surface area contributed by atoms with E-state index in [0.29, 0.717) is 17.9 Å². The maximum atomic E-state index is 5.59. The first kappa shape index (κ1) is 13.1. The van der Waals surface area contributed by atoms with Gasteiger partial charge in [0.05, 0.1) is 5.92 Å². The molecule has 4 heteroatoms. The van der Waals surface area contributed by atoms with Crippen LogP contribution in [-0.4, -0.2) is 22.7 Å². The van der Waals surface area contributed by atoms with E-state index in [1.54, 1.807) is 0 Å². The molecule has 1 aromatic rings. The molecule has 2 unspecified atom stereocenters. The van der Waals surface area contributed by atoms with Gasteiger partial charge in [-0.1, -0.05) is 37.8 Å². The Balaban J connectivity index is 1.72. The van der Waals surface area contributed by atoms with Gasteiger partial charge in [-0.05, 0) is 32.2 Å². The molecule has 0 amide bonds. The van der Waals surface area contributed by atoms with Gasteiger partial charge in [-0.15, -0.1) is 0 Å². The van der Waals surface area contributed by atoms with Crippen molar-refractivity contribution in [2.24, 2.45) is 0 Å². The highest BCUT2D eigenvalue weighted by Gasteiger charge is 2.31. The lowest BCUT2D eigenvalue weighted by Crippen LogP contribution is -2.37. The minimum atomic E-state index is 0.427. The van der Waals surface area contributed by atoms with Crippen molar-refractivity contribution in [3.63, 3.8) is 0 Å². The molecule has 1 N–H and O–H groups in total. The molecule has 0 aliphatic heterocycles. The summed E-state index contributed by atoms with van der Waals surface area (Å²) in [6.45, 7) is 3.19. The minimum absolute atomic E-state index is 0.427. The van der Waals surface area contributed by atoms with Gasteiger partial charge >= 0.3 is 0 Å². The number of hydrogen-bond acceptors (Lipinski definition) is 4. The highest BCUT2D eigenvalue weighted by molar-refractivity contribution is 5.04. The third kappa shape index (κ3) is 2.83. The van der Waals surface area contributed by atoms with E-state index in [1.807, 2.05) is 0 Å². The molecule has 0 aromatic carbocycles. The van der Waals surface area contributed by atoms with Crippen LogP contribution in [0.2, 0.25) is 0 Å². The predicted molar refractivity (Wildman–Crippen MR) is 74.2 cm³/mol. The molecular weight excluding hydrogens is 238 g/mol. The molecule has 2 atom stereocenters. The molecule has 106 valence electrons. The summed E-state index contributed by atoms with van der Waals surface area (Å²) >= 11 is 0. The van der Waals surface area contributed by atoms with Gasteiger partial charge in [0.15, 0.2) is 5.82 Å². The monoisotopic (exact) mass is 263 g/mol. The molecule has 2 aliphatic rings. The Morgan fingerprint density at radius 1 is 1.11 bits per heavy atom. The summed E-state index contributed by atoms with van der Waals surface area (Å²) in [5.74, 6) is 2.83. The van der Waals surface area contributed by atoms with Crippen LogP contribution >= 0.6 is 0 Å². The van der Waals surface area contributed by atoms with E-state index in [2.05, 4.69) is 17.4 Å². The van der Waals surface area contributed by atoms with Crippen molar-refractivity contribution in [3.05, 3.63) is 11.7 Å². The molecule has 3 rings (SSSR count). The summed E-state index contributed by atoms with van der Waals surface area (Å²) in [5.41, 5.74) is 0. The maximum Gasteiger partial charge on any atom is 0.231 e. The van der Waals surface area contributed by atoms with Gasteiger partial charge in [0.1, 0.15) is 0 Å². The van der Waals surface area contributed by atoms with Crippen molar-refractivity contribution in [3.8, 4) is 0 Å². The van der Waals surface area contributed by atoms with Crippen molar-refractivity contribution in [2.45, 2.75) is 76.2 Å². The Bertz CT molecular complexity index is 396. The van der Waals surface area contributed by atoms with Gasteiger partial charge in [-0.2, -0.15) is 4.98 Å². The smallest absolute Gasteiger partial charge is 0.231 e. The number of rotatable bonds is 4. The first-order valence-corrected chi connectivity index (χ1v) is 7.95. The van der Waals surface area contributed by atoms with E-state index in [4.69, 9.17) is 9.51 Å². The molecule has 2 saturated carbocycles. The van der Waals surface area contributed by atoms with E-state index in [-0.39, 0.29) is 0 Å². The topological polar surface area (TPSA) is 51.0 Å². The molecular formula is C15H25N3O. The van der Waals surface area contributed by atoms with Gasteiger partial charge in [0.25, 0.3) is 0 Å². The average molecular weight is 263 g/mol. The van der Waals surface area contributed by atoms with Crippen LogP contribution in [0.15, 0.2) is 4.52 Å². The minimum Gasteiger partial charge on any atom is -0.339 e. The van der Waals surface area contributed by atoms with Crippen LogP contribution in [0.4, 0.5) is 0 Å². The van der Waals surface area contributed by atoms with Crippen LogP contribution in [0, 0.1) is 0 Å². The Morgan fingerprint density at radius 3 is 2.63 bits per heavy atom. The van der Waals surface area contributed by atoms with Crippen LogP contribution in [-0.2, 0) is 0 Å². The predicted octanol–water partition coefficient (Wildman–Crippen LogP) is 3.36. The molecule has 0 bridgehead atoms. The van der Waals surface area contributed by atoms with Gasteiger partial charge < -0.3 is 9.84 Å². The summed E-state index contributed by atoms with van der Waals surface area (Å²) in [4.78, 5) is 4.73. The van der Waals surface area contributed by atoms with Crippen molar-refractivity contribution in [2.75, 3.05) is 6.54 Å². The second-order valence-electron chi connectivity index (χ2n) is 6.03. The summed E-state index contributed by atoms with van der Waals surface area (Å²) in [7, 11) is 0. The fraction of sp³-hybridized carbons (Fsp3) is 0.867. The van der Waals surface area contributed by atoms with Gasteiger partial charge in [-0.25, -0.2) is 0 Å². The standard InChI is InChI=1S/C15H25N3O/c1-2-16-13-10-6-5-9-12(13)15-17-14(18-19-15)11-7-3-4-8-11/h11-13,16H,2-10H2,1H3. The third-order valence-electron chi connectivity index (χ3n) is 4.73. The lowest BCUT2D eigenvalue weighted by Gasteiger charge is -2.29. The Morgan fingerprint density at radius 2 is 1.84 bits per heavy atom. The molecule has 0 saturated heterocycles. The fourth-order valence-electron chi connectivity index (χ4n) is 3.68. The van der Waals surface area contributed by atoms with E-state index < -0.39 is 0 Å². The SMILES string of the molecule is CCNC1CCCCC1c1nc(C2CCCC2)no1. The van der Waals surface area contributed by atoms with Crippen molar-refractivity contribution < 1.29 is 4.52 Å². The number of hydrogen-bond donors (Lipinski definition) is 1. The lowest BCUT2D eigenvalue weighted by atomic mass is 9.84. The second-order valence-corrected chi connectivity index (χ2v) is 6.03. The quantitative estimate of drug-likeness (QED) is 0.905. The van der Waals surface area contributed by atoms with E-state index in [1.165, 1.54) is 51.4 Å². The molecule has 2 fully saturated rings. The first-order chi connectivity index (χ1) is 9.38.